The number of unbranched alkanes of at least 4 members (excludes halogenated alkanes) is 1. The molecule has 0 aliphatic carbocycles. The normalized spacial score (nSPS) is 13.8. The van der Waals surface area contributed by atoms with Gasteiger partial charge in [0.15, 0.2) is 0 Å². The summed E-state index contributed by atoms with van der Waals surface area (Å²) >= 11 is 0. The second-order valence-electron chi connectivity index (χ2n) is 5.79. The Morgan fingerprint density at radius 1 is 1.20 bits per heavy atom. The molecule has 0 saturated carbocycles. The Hall–Kier alpha value is -1.26. The number of rotatable bonds is 10. The van der Waals surface area contributed by atoms with Gasteiger partial charge < -0.3 is 15.7 Å². The van der Waals surface area contributed by atoms with Gasteiger partial charge in [0.2, 0.25) is 0 Å². The van der Waals surface area contributed by atoms with E-state index < -0.39 is 12.0 Å². The zero-order valence-corrected chi connectivity index (χ0v) is 13.2. The average molecular weight is 286 g/mol. The van der Waals surface area contributed by atoms with E-state index in [1.807, 2.05) is 13.8 Å². The maximum atomic E-state index is 11.7. The summed E-state index contributed by atoms with van der Waals surface area (Å²) in [4.78, 5) is 22.8. The predicted octanol–water partition coefficient (Wildman–Crippen LogP) is 3.00. The second kappa shape index (κ2) is 10.5. The topological polar surface area (TPSA) is 78.4 Å². The molecule has 5 heteroatoms. The summed E-state index contributed by atoms with van der Waals surface area (Å²) in [7, 11) is 0. The Bertz CT molecular complexity index is 293. The summed E-state index contributed by atoms with van der Waals surface area (Å²) < 4.78 is 0. The number of carbonyl (C=O) groups excluding carboxylic acids is 1. The van der Waals surface area contributed by atoms with E-state index in [1.165, 1.54) is 0 Å². The van der Waals surface area contributed by atoms with Gasteiger partial charge in [-0.2, -0.15) is 0 Å². The SMILES string of the molecule is CCCCC(CC)CNC(=O)N[C@@H](CC(C)C)C(=O)O. The van der Waals surface area contributed by atoms with Crippen LogP contribution in [0.1, 0.15) is 59.8 Å². The van der Waals surface area contributed by atoms with Crippen molar-refractivity contribution < 1.29 is 14.7 Å². The highest BCUT2D eigenvalue weighted by Gasteiger charge is 2.21. The van der Waals surface area contributed by atoms with Gasteiger partial charge in [0, 0.05) is 6.54 Å². The standard InChI is InChI=1S/C15H30N2O3/c1-5-7-8-12(6-2)10-16-15(20)17-13(14(18)19)9-11(3)4/h11-13H,5-10H2,1-4H3,(H,18,19)(H2,16,17,20)/t12?,13-/m0/s1. The monoisotopic (exact) mass is 286 g/mol. The minimum atomic E-state index is -0.980. The quantitative estimate of drug-likeness (QED) is 0.577. The molecule has 0 aromatic rings. The molecule has 0 spiro atoms. The van der Waals surface area contributed by atoms with Crippen molar-refractivity contribution in [1.82, 2.24) is 10.6 Å². The van der Waals surface area contributed by atoms with Crippen molar-refractivity contribution in [3.05, 3.63) is 0 Å². The van der Waals surface area contributed by atoms with Crippen LogP contribution in [0.15, 0.2) is 0 Å². The molecule has 0 aliphatic heterocycles. The molecule has 0 rings (SSSR count). The molecule has 2 amide bonds. The molecule has 0 aromatic carbocycles. The summed E-state index contributed by atoms with van der Waals surface area (Å²) in [5.41, 5.74) is 0. The first kappa shape index (κ1) is 18.7. The van der Waals surface area contributed by atoms with Crippen molar-refractivity contribution in [2.24, 2.45) is 11.8 Å². The number of aliphatic carboxylic acids is 1. The number of urea groups is 1. The summed E-state index contributed by atoms with van der Waals surface area (Å²) in [5, 5.41) is 14.4. The van der Waals surface area contributed by atoms with E-state index in [1.54, 1.807) is 0 Å². The summed E-state index contributed by atoms with van der Waals surface area (Å²) in [6, 6.07) is -1.20. The molecule has 2 atom stereocenters. The van der Waals surface area contributed by atoms with Crippen LogP contribution in [-0.4, -0.2) is 29.7 Å². The zero-order valence-electron chi connectivity index (χ0n) is 13.2. The lowest BCUT2D eigenvalue weighted by molar-refractivity contribution is -0.139. The van der Waals surface area contributed by atoms with Gasteiger partial charge in [-0.1, -0.05) is 47.0 Å². The van der Waals surface area contributed by atoms with Gasteiger partial charge in [0.05, 0.1) is 0 Å². The van der Waals surface area contributed by atoms with Crippen LogP contribution in [0.4, 0.5) is 4.79 Å². The molecule has 0 bridgehead atoms. The van der Waals surface area contributed by atoms with E-state index in [2.05, 4.69) is 24.5 Å². The van der Waals surface area contributed by atoms with E-state index in [0.29, 0.717) is 18.9 Å². The maximum absolute atomic E-state index is 11.7. The fourth-order valence-electron chi connectivity index (χ4n) is 2.08. The van der Waals surface area contributed by atoms with Crippen LogP contribution >= 0.6 is 0 Å². The van der Waals surface area contributed by atoms with E-state index >= 15 is 0 Å². The van der Waals surface area contributed by atoms with Gasteiger partial charge >= 0.3 is 12.0 Å². The van der Waals surface area contributed by atoms with Crippen molar-refractivity contribution in [2.75, 3.05) is 6.54 Å². The van der Waals surface area contributed by atoms with Gasteiger partial charge in [-0.25, -0.2) is 9.59 Å². The molecule has 3 N–H and O–H groups in total. The molecule has 0 aromatic heterocycles. The molecule has 0 heterocycles. The van der Waals surface area contributed by atoms with Crippen molar-refractivity contribution in [2.45, 2.75) is 65.8 Å². The minimum absolute atomic E-state index is 0.226. The number of nitrogens with one attached hydrogen (secondary N) is 2. The molecule has 0 aliphatic rings. The van der Waals surface area contributed by atoms with Gasteiger partial charge in [-0.15, -0.1) is 0 Å². The number of amides is 2. The predicted molar refractivity (Wildman–Crippen MR) is 80.7 cm³/mol. The Labute approximate surface area is 122 Å². The molecule has 20 heavy (non-hydrogen) atoms. The Morgan fingerprint density at radius 3 is 2.30 bits per heavy atom. The number of carbonyl (C=O) groups is 2. The highest BCUT2D eigenvalue weighted by molar-refractivity contribution is 5.82. The average Bonchev–Trinajstić information content (AvgIpc) is 2.37. The molecular formula is C15H30N2O3. The van der Waals surface area contributed by atoms with Crippen LogP contribution in [0.3, 0.4) is 0 Å². The van der Waals surface area contributed by atoms with Gasteiger partial charge in [0.25, 0.3) is 0 Å². The fourth-order valence-corrected chi connectivity index (χ4v) is 2.08. The molecule has 0 saturated heterocycles. The van der Waals surface area contributed by atoms with E-state index in [4.69, 9.17) is 5.11 Å². The fraction of sp³-hybridized carbons (Fsp3) is 0.867. The zero-order chi connectivity index (χ0) is 15.5. The van der Waals surface area contributed by atoms with E-state index in [9.17, 15) is 9.59 Å². The Balaban J connectivity index is 4.14. The molecule has 0 radical (unpaired) electrons. The maximum Gasteiger partial charge on any atom is 0.326 e. The highest BCUT2D eigenvalue weighted by atomic mass is 16.4. The summed E-state index contributed by atoms with van der Waals surface area (Å²) in [6.45, 7) is 8.74. The van der Waals surface area contributed by atoms with Crippen LogP contribution in [0.25, 0.3) is 0 Å². The van der Waals surface area contributed by atoms with E-state index in [0.717, 1.165) is 25.7 Å². The molecule has 0 fully saturated rings. The van der Waals surface area contributed by atoms with Gasteiger partial charge in [0.1, 0.15) is 6.04 Å². The number of hydrogen-bond acceptors (Lipinski definition) is 2. The molecule has 5 nitrogen and oxygen atoms in total. The smallest absolute Gasteiger partial charge is 0.326 e. The molecular weight excluding hydrogens is 256 g/mol. The molecule has 118 valence electrons. The third kappa shape index (κ3) is 8.77. The lowest BCUT2D eigenvalue weighted by Gasteiger charge is -2.19. The van der Waals surface area contributed by atoms with Crippen LogP contribution in [-0.2, 0) is 4.79 Å². The number of carboxylic acid groups (broad SMARTS) is 1. The molecule has 1 unspecified atom stereocenters. The first-order chi connectivity index (χ1) is 9.40. The third-order valence-corrected chi connectivity index (χ3v) is 3.41. The van der Waals surface area contributed by atoms with Crippen LogP contribution in [0.2, 0.25) is 0 Å². The number of hydrogen-bond donors (Lipinski definition) is 3. The lowest BCUT2D eigenvalue weighted by Crippen LogP contribution is -2.47. The number of carboxylic acids is 1. The largest absolute Gasteiger partial charge is 0.480 e. The summed E-state index contributed by atoms with van der Waals surface area (Å²) in [5.74, 6) is -0.287. The highest BCUT2D eigenvalue weighted by Crippen LogP contribution is 2.11. The second-order valence-corrected chi connectivity index (χ2v) is 5.79. The Kier molecular flexibility index (Phi) is 9.86. The van der Waals surface area contributed by atoms with E-state index in [-0.39, 0.29) is 11.9 Å². The first-order valence-corrected chi connectivity index (χ1v) is 7.67. The van der Waals surface area contributed by atoms with Crippen molar-refractivity contribution in [3.8, 4) is 0 Å². The Morgan fingerprint density at radius 2 is 1.85 bits per heavy atom. The van der Waals surface area contributed by atoms with Crippen LogP contribution in [0, 0.1) is 11.8 Å². The van der Waals surface area contributed by atoms with Crippen LogP contribution in [0.5, 0.6) is 0 Å². The van der Waals surface area contributed by atoms with Crippen LogP contribution < -0.4 is 10.6 Å². The lowest BCUT2D eigenvalue weighted by atomic mass is 9.99. The van der Waals surface area contributed by atoms with Crippen molar-refractivity contribution >= 4 is 12.0 Å². The van der Waals surface area contributed by atoms with Crippen molar-refractivity contribution in [3.63, 3.8) is 0 Å². The van der Waals surface area contributed by atoms with Gasteiger partial charge in [-0.05, 0) is 24.7 Å². The summed E-state index contributed by atoms with van der Waals surface area (Å²) in [6.07, 6.45) is 4.87. The first-order valence-electron chi connectivity index (χ1n) is 7.67. The van der Waals surface area contributed by atoms with Crippen molar-refractivity contribution in [1.29, 1.82) is 0 Å². The third-order valence-electron chi connectivity index (χ3n) is 3.41. The van der Waals surface area contributed by atoms with Gasteiger partial charge in [-0.3, -0.25) is 0 Å². The minimum Gasteiger partial charge on any atom is -0.480 e.